The van der Waals surface area contributed by atoms with Gasteiger partial charge in [-0.25, -0.2) is 9.97 Å². The Morgan fingerprint density at radius 1 is 0.606 bits per heavy atom. The molecule has 0 N–H and O–H groups in total. The van der Waals surface area contributed by atoms with E-state index in [0.717, 1.165) is 55.6 Å². The molecular weight excluding hydrogens is 406 g/mol. The summed E-state index contributed by atoms with van der Waals surface area (Å²) in [5.41, 5.74) is 7.84. The molecule has 3 heterocycles. The van der Waals surface area contributed by atoms with Crippen molar-refractivity contribution >= 4 is 21.9 Å². The summed E-state index contributed by atoms with van der Waals surface area (Å²) >= 11 is 0. The summed E-state index contributed by atoms with van der Waals surface area (Å²) in [5.74, 6) is 0. The van der Waals surface area contributed by atoms with Crippen LogP contribution in [-0.4, -0.2) is 9.97 Å². The zero-order valence-corrected chi connectivity index (χ0v) is 17.6. The van der Waals surface area contributed by atoms with Gasteiger partial charge in [-0.05, 0) is 59.7 Å². The number of pyridine rings is 2. The van der Waals surface area contributed by atoms with E-state index in [9.17, 15) is 0 Å². The van der Waals surface area contributed by atoms with Crippen LogP contribution in [0.25, 0.3) is 55.6 Å². The van der Waals surface area contributed by atoms with E-state index in [2.05, 4.69) is 53.5 Å². The first kappa shape index (κ1) is 19.0. The number of hydrogen-bond acceptors (Lipinski definition) is 4. The SMILES string of the molecule is N#Cc1cc(-c2cccc(-c3ccc4c(c3)oc3cc(-c5ccccc5)ccc34)n2)ccn1. The predicted octanol–water partition coefficient (Wildman–Crippen LogP) is 7.25. The van der Waals surface area contributed by atoms with Gasteiger partial charge < -0.3 is 4.42 Å². The molecular formula is C29H17N3O. The number of fused-ring (bicyclic) bond motifs is 3. The van der Waals surface area contributed by atoms with Crippen molar-refractivity contribution in [3.8, 4) is 39.7 Å². The van der Waals surface area contributed by atoms with Crippen LogP contribution >= 0.6 is 0 Å². The molecule has 0 aliphatic carbocycles. The van der Waals surface area contributed by atoms with Crippen LogP contribution in [0, 0.1) is 11.3 Å². The van der Waals surface area contributed by atoms with Gasteiger partial charge in [0.25, 0.3) is 0 Å². The van der Waals surface area contributed by atoms with E-state index in [4.69, 9.17) is 14.7 Å². The lowest BCUT2D eigenvalue weighted by molar-refractivity contribution is 0.669. The molecule has 0 amide bonds. The minimum atomic E-state index is 0.373. The molecule has 0 atom stereocenters. The second kappa shape index (κ2) is 7.74. The number of furan rings is 1. The molecule has 0 saturated carbocycles. The standard InChI is InChI=1S/C29H17N3O/c30-18-23-15-22(13-14-31-23)27-8-4-7-26(32-27)21-10-12-25-24-11-9-20(19-5-2-1-3-6-19)16-28(24)33-29(25)17-21/h1-17H. The van der Waals surface area contributed by atoms with Crippen molar-refractivity contribution in [1.29, 1.82) is 5.26 Å². The molecule has 3 aromatic heterocycles. The van der Waals surface area contributed by atoms with E-state index in [0.29, 0.717) is 5.69 Å². The van der Waals surface area contributed by atoms with E-state index >= 15 is 0 Å². The maximum atomic E-state index is 9.14. The molecule has 154 valence electrons. The van der Waals surface area contributed by atoms with Crippen molar-refractivity contribution in [2.24, 2.45) is 0 Å². The number of rotatable bonds is 3. The second-order valence-corrected chi connectivity index (χ2v) is 7.84. The van der Waals surface area contributed by atoms with E-state index in [1.54, 1.807) is 12.3 Å². The highest BCUT2D eigenvalue weighted by atomic mass is 16.3. The van der Waals surface area contributed by atoms with E-state index in [1.807, 2.05) is 48.5 Å². The van der Waals surface area contributed by atoms with Crippen LogP contribution in [0.3, 0.4) is 0 Å². The summed E-state index contributed by atoms with van der Waals surface area (Å²) in [7, 11) is 0. The smallest absolute Gasteiger partial charge is 0.141 e. The lowest BCUT2D eigenvalue weighted by atomic mass is 10.0. The van der Waals surface area contributed by atoms with Crippen molar-refractivity contribution in [2.45, 2.75) is 0 Å². The van der Waals surface area contributed by atoms with Crippen LogP contribution in [0.1, 0.15) is 5.69 Å². The van der Waals surface area contributed by atoms with E-state index in [1.165, 1.54) is 0 Å². The molecule has 0 radical (unpaired) electrons. The Kier molecular flexibility index (Phi) is 4.45. The van der Waals surface area contributed by atoms with Gasteiger partial charge in [0.15, 0.2) is 0 Å². The fourth-order valence-electron chi connectivity index (χ4n) is 4.15. The number of aromatic nitrogens is 2. The highest BCUT2D eigenvalue weighted by Crippen LogP contribution is 2.34. The third-order valence-electron chi connectivity index (χ3n) is 5.80. The Hall–Kier alpha value is -4.75. The molecule has 0 spiro atoms. The average Bonchev–Trinajstić information content (AvgIpc) is 3.26. The van der Waals surface area contributed by atoms with Crippen LogP contribution in [0.2, 0.25) is 0 Å². The monoisotopic (exact) mass is 423 g/mol. The fraction of sp³-hybridized carbons (Fsp3) is 0. The van der Waals surface area contributed by atoms with Crippen molar-refractivity contribution in [3.05, 3.63) is 109 Å². The topological polar surface area (TPSA) is 62.7 Å². The van der Waals surface area contributed by atoms with Gasteiger partial charge in [-0.2, -0.15) is 5.26 Å². The summed E-state index contributed by atoms with van der Waals surface area (Å²) < 4.78 is 6.25. The number of nitriles is 1. The highest BCUT2D eigenvalue weighted by Gasteiger charge is 2.11. The molecule has 0 fully saturated rings. The van der Waals surface area contributed by atoms with Crippen molar-refractivity contribution in [3.63, 3.8) is 0 Å². The highest BCUT2D eigenvalue weighted by molar-refractivity contribution is 6.06. The third kappa shape index (κ3) is 3.42. The maximum absolute atomic E-state index is 9.14. The number of nitrogens with zero attached hydrogens (tertiary/aromatic N) is 3. The molecule has 4 heteroatoms. The summed E-state index contributed by atoms with van der Waals surface area (Å²) in [6.07, 6.45) is 1.63. The zero-order valence-electron chi connectivity index (χ0n) is 17.6. The van der Waals surface area contributed by atoms with Crippen molar-refractivity contribution in [2.75, 3.05) is 0 Å². The summed E-state index contributed by atoms with van der Waals surface area (Å²) in [6.45, 7) is 0. The Labute approximate surface area is 190 Å². The molecule has 33 heavy (non-hydrogen) atoms. The minimum Gasteiger partial charge on any atom is -0.456 e. The van der Waals surface area contributed by atoms with E-state index < -0.39 is 0 Å². The van der Waals surface area contributed by atoms with Crippen LogP contribution in [-0.2, 0) is 0 Å². The quantitative estimate of drug-likeness (QED) is 0.301. The van der Waals surface area contributed by atoms with Crippen molar-refractivity contribution < 1.29 is 4.42 Å². The molecule has 0 bridgehead atoms. The van der Waals surface area contributed by atoms with Crippen LogP contribution < -0.4 is 0 Å². The van der Waals surface area contributed by atoms with Gasteiger partial charge in [-0.15, -0.1) is 0 Å². The van der Waals surface area contributed by atoms with Crippen molar-refractivity contribution in [1.82, 2.24) is 9.97 Å². The second-order valence-electron chi connectivity index (χ2n) is 7.84. The molecule has 0 unspecified atom stereocenters. The minimum absolute atomic E-state index is 0.373. The molecule has 0 aliphatic rings. The largest absolute Gasteiger partial charge is 0.456 e. The molecule has 0 aliphatic heterocycles. The first-order valence-electron chi connectivity index (χ1n) is 10.6. The molecule has 6 rings (SSSR count). The lowest BCUT2D eigenvalue weighted by Crippen LogP contribution is -1.89. The Balaban J connectivity index is 1.42. The van der Waals surface area contributed by atoms with Crippen LogP contribution in [0.5, 0.6) is 0 Å². The van der Waals surface area contributed by atoms with Crippen LogP contribution in [0.4, 0.5) is 0 Å². The summed E-state index contributed by atoms with van der Waals surface area (Å²) in [5, 5.41) is 11.3. The first-order valence-corrected chi connectivity index (χ1v) is 10.6. The van der Waals surface area contributed by atoms with Gasteiger partial charge in [-0.1, -0.05) is 48.5 Å². The van der Waals surface area contributed by atoms with Gasteiger partial charge in [0, 0.05) is 28.1 Å². The summed E-state index contributed by atoms with van der Waals surface area (Å²) in [6, 6.07) is 34.4. The molecule has 6 aromatic rings. The molecule has 0 saturated heterocycles. The first-order chi connectivity index (χ1) is 16.3. The Bertz CT molecular complexity index is 1680. The van der Waals surface area contributed by atoms with Gasteiger partial charge in [0.05, 0.1) is 11.4 Å². The number of benzene rings is 3. The van der Waals surface area contributed by atoms with Gasteiger partial charge >= 0.3 is 0 Å². The van der Waals surface area contributed by atoms with Gasteiger partial charge in [0.2, 0.25) is 0 Å². The predicted molar refractivity (Wildman–Crippen MR) is 130 cm³/mol. The Morgan fingerprint density at radius 2 is 1.27 bits per heavy atom. The molecule has 3 aromatic carbocycles. The average molecular weight is 423 g/mol. The zero-order chi connectivity index (χ0) is 22.2. The summed E-state index contributed by atoms with van der Waals surface area (Å²) in [4.78, 5) is 8.87. The number of hydrogen-bond donors (Lipinski definition) is 0. The van der Waals surface area contributed by atoms with Gasteiger partial charge in [-0.3, -0.25) is 0 Å². The molecule has 4 nitrogen and oxygen atoms in total. The fourth-order valence-corrected chi connectivity index (χ4v) is 4.15. The van der Waals surface area contributed by atoms with Crippen LogP contribution in [0.15, 0.2) is 108 Å². The Morgan fingerprint density at radius 3 is 2.00 bits per heavy atom. The van der Waals surface area contributed by atoms with E-state index in [-0.39, 0.29) is 0 Å². The maximum Gasteiger partial charge on any atom is 0.141 e. The third-order valence-corrected chi connectivity index (χ3v) is 5.80. The lowest BCUT2D eigenvalue weighted by Gasteiger charge is -2.05. The van der Waals surface area contributed by atoms with Gasteiger partial charge in [0.1, 0.15) is 22.9 Å². The normalized spacial score (nSPS) is 11.0.